The number of fused-ring (bicyclic) bond motifs is 2. The van der Waals surface area contributed by atoms with E-state index in [1.807, 2.05) is 18.5 Å². The van der Waals surface area contributed by atoms with Crippen LogP contribution < -0.4 is 0 Å². The highest BCUT2D eigenvalue weighted by molar-refractivity contribution is 5.79. The standard InChI is InChI=1S/C20H22N4/c1-4-13-5-6-15-16(9-13)24-19(23-15)11-20(2,3)18-10-14-7-8-21-12-17(14)22-18/h5-10,12,22H,4,11H2,1-3H3,(H,23,24). The van der Waals surface area contributed by atoms with E-state index in [0.29, 0.717) is 0 Å². The van der Waals surface area contributed by atoms with Crippen molar-refractivity contribution in [3.05, 3.63) is 59.8 Å². The highest BCUT2D eigenvalue weighted by Crippen LogP contribution is 2.29. The fourth-order valence-electron chi connectivity index (χ4n) is 3.26. The molecule has 0 amide bonds. The first-order chi connectivity index (χ1) is 11.5. The van der Waals surface area contributed by atoms with E-state index < -0.39 is 0 Å². The van der Waals surface area contributed by atoms with Gasteiger partial charge in [-0.15, -0.1) is 0 Å². The highest BCUT2D eigenvalue weighted by Gasteiger charge is 2.25. The van der Waals surface area contributed by atoms with Crippen molar-refractivity contribution < 1.29 is 0 Å². The Morgan fingerprint density at radius 1 is 1.04 bits per heavy atom. The summed E-state index contributed by atoms with van der Waals surface area (Å²) in [5, 5.41) is 1.20. The quantitative estimate of drug-likeness (QED) is 0.581. The van der Waals surface area contributed by atoms with Crippen molar-refractivity contribution in [2.24, 2.45) is 0 Å². The van der Waals surface area contributed by atoms with Gasteiger partial charge in [0.15, 0.2) is 0 Å². The van der Waals surface area contributed by atoms with E-state index in [0.717, 1.165) is 35.2 Å². The third kappa shape index (κ3) is 2.58. The number of aromatic nitrogens is 4. The predicted molar refractivity (Wildman–Crippen MR) is 98.3 cm³/mol. The van der Waals surface area contributed by atoms with Crippen molar-refractivity contribution in [2.75, 3.05) is 0 Å². The topological polar surface area (TPSA) is 57.4 Å². The summed E-state index contributed by atoms with van der Waals surface area (Å²) < 4.78 is 0. The minimum Gasteiger partial charge on any atom is -0.357 e. The zero-order valence-electron chi connectivity index (χ0n) is 14.4. The lowest BCUT2D eigenvalue weighted by atomic mass is 9.85. The molecule has 4 heteroatoms. The molecule has 4 rings (SSSR count). The third-order valence-corrected chi connectivity index (χ3v) is 4.77. The van der Waals surface area contributed by atoms with Gasteiger partial charge in [-0.3, -0.25) is 4.98 Å². The molecule has 0 unspecified atom stereocenters. The average molecular weight is 318 g/mol. The third-order valence-electron chi connectivity index (χ3n) is 4.77. The van der Waals surface area contributed by atoms with E-state index in [1.165, 1.54) is 16.6 Å². The largest absolute Gasteiger partial charge is 0.357 e. The van der Waals surface area contributed by atoms with Crippen molar-refractivity contribution in [1.29, 1.82) is 0 Å². The number of imidazole rings is 1. The lowest BCUT2D eigenvalue weighted by molar-refractivity contribution is 0.498. The molecule has 0 aliphatic rings. The molecule has 0 spiro atoms. The van der Waals surface area contributed by atoms with Crippen molar-refractivity contribution in [3.63, 3.8) is 0 Å². The second-order valence-corrected chi connectivity index (χ2v) is 7.10. The first-order valence-corrected chi connectivity index (χ1v) is 8.46. The van der Waals surface area contributed by atoms with Crippen LogP contribution in [0.5, 0.6) is 0 Å². The van der Waals surface area contributed by atoms with Gasteiger partial charge in [-0.25, -0.2) is 4.98 Å². The highest BCUT2D eigenvalue weighted by atomic mass is 14.9. The maximum absolute atomic E-state index is 4.77. The first-order valence-electron chi connectivity index (χ1n) is 8.46. The number of H-pyrrole nitrogens is 2. The molecule has 0 aliphatic carbocycles. The minimum atomic E-state index is -0.0412. The van der Waals surface area contributed by atoms with E-state index in [2.05, 4.69) is 60.0 Å². The summed E-state index contributed by atoms with van der Waals surface area (Å²) >= 11 is 0. The zero-order chi connectivity index (χ0) is 16.7. The number of aromatic amines is 2. The maximum Gasteiger partial charge on any atom is 0.108 e. The van der Waals surface area contributed by atoms with Crippen LogP contribution in [0.3, 0.4) is 0 Å². The lowest BCUT2D eigenvalue weighted by Crippen LogP contribution is -2.21. The van der Waals surface area contributed by atoms with Crippen molar-refractivity contribution >= 4 is 21.9 Å². The van der Waals surface area contributed by atoms with Crippen LogP contribution in [0.4, 0.5) is 0 Å². The summed E-state index contributed by atoms with van der Waals surface area (Å²) in [5.41, 5.74) is 5.75. The molecule has 3 aromatic heterocycles. The Morgan fingerprint density at radius 2 is 1.92 bits per heavy atom. The monoisotopic (exact) mass is 318 g/mol. The van der Waals surface area contributed by atoms with E-state index >= 15 is 0 Å². The molecule has 0 aliphatic heterocycles. The van der Waals surface area contributed by atoms with Crippen LogP contribution in [-0.4, -0.2) is 19.9 Å². The Balaban J connectivity index is 1.67. The number of pyridine rings is 1. The van der Waals surface area contributed by atoms with Gasteiger partial charge in [0.25, 0.3) is 0 Å². The Hall–Kier alpha value is -2.62. The molecular weight excluding hydrogens is 296 g/mol. The fraction of sp³-hybridized carbons (Fsp3) is 0.300. The normalized spacial score (nSPS) is 12.3. The van der Waals surface area contributed by atoms with Crippen LogP contribution in [0.2, 0.25) is 0 Å². The van der Waals surface area contributed by atoms with Crippen LogP contribution in [0.1, 0.15) is 37.9 Å². The summed E-state index contributed by atoms with van der Waals surface area (Å²) in [7, 11) is 0. The minimum absolute atomic E-state index is 0.0412. The summed E-state index contributed by atoms with van der Waals surface area (Å²) in [5.74, 6) is 1.03. The van der Waals surface area contributed by atoms with E-state index in [9.17, 15) is 0 Å². The molecule has 122 valence electrons. The summed E-state index contributed by atoms with van der Waals surface area (Å²) in [6.45, 7) is 6.66. The average Bonchev–Trinajstić information content (AvgIpc) is 3.17. The number of aryl methyl sites for hydroxylation is 1. The maximum atomic E-state index is 4.77. The van der Waals surface area contributed by atoms with Crippen LogP contribution in [0.25, 0.3) is 21.9 Å². The van der Waals surface area contributed by atoms with Crippen LogP contribution in [0, 0.1) is 0 Å². The van der Waals surface area contributed by atoms with Gasteiger partial charge in [0.1, 0.15) is 5.82 Å². The van der Waals surface area contributed by atoms with Crippen molar-refractivity contribution in [1.82, 2.24) is 19.9 Å². The van der Waals surface area contributed by atoms with Gasteiger partial charge in [-0.05, 0) is 36.2 Å². The number of nitrogens with zero attached hydrogens (tertiary/aromatic N) is 2. The Labute approximate surface area is 141 Å². The van der Waals surface area contributed by atoms with Gasteiger partial charge in [0.05, 0.1) is 22.7 Å². The smallest absolute Gasteiger partial charge is 0.108 e. The fourth-order valence-corrected chi connectivity index (χ4v) is 3.26. The van der Waals surface area contributed by atoms with Crippen molar-refractivity contribution in [3.8, 4) is 0 Å². The van der Waals surface area contributed by atoms with Gasteiger partial charge in [-0.1, -0.05) is 26.8 Å². The number of hydrogen-bond acceptors (Lipinski definition) is 2. The van der Waals surface area contributed by atoms with Crippen LogP contribution in [0.15, 0.2) is 42.7 Å². The van der Waals surface area contributed by atoms with Crippen molar-refractivity contribution in [2.45, 2.75) is 39.0 Å². The van der Waals surface area contributed by atoms with Gasteiger partial charge >= 0.3 is 0 Å². The Morgan fingerprint density at radius 3 is 2.71 bits per heavy atom. The molecule has 2 N–H and O–H groups in total. The van der Waals surface area contributed by atoms with Crippen LogP contribution in [-0.2, 0) is 18.3 Å². The molecule has 3 heterocycles. The molecule has 0 saturated carbocycles. The first kappa shape index (κ1) is 14.9. The van der Waals surface area contributed by atoms with E-state index in [1.54, 1.807) is 0 Å². The molecular formula is C20H22N4. The molecule has 0 bridgehead atoms. The summed E-state index contributed by atoms with van der Waals surface area (Å²) in [6, 6.07) is 10.7. The van der Waals surface area contributed by atoms with Gasteiger partial charge < -0.3 is 9.97 Å². The summed E-state index contributed by atoms with van der Waals surface area (Å²) in [4.78, 5) is 16.0. The number of benzene rings is 1. The molecule has 0 fully saturated rings. The van der Waals surface area contributed by atoms with Crippen LogP contribution >= 0.6 is 0 Å². The number of hydrogen-bond donors (Lipinski definition) is 2. The number of rotatable bonds is 4. The number of nitrogens with one attached hydrogen (secondary N) is 2. The predicted octanol–water partition coefficient (Wildman–Crippen LogP) is 4.52. The molecule has 0 atom stereocenters. The SMILES string of the molecule is CCc1ccc2nc(CC(C)(C)c3cc4ccncc4[nH]3)[nH]c2c1. The molecule has 4 nitrogen and oxygen atoms in total. The molecule has 4 aromatic rings. The second kappa shape index (κ2) is 5.48. The molecule has 0 saturated heterocycles. The molecule has 1 aromatic carbocycles. The van der Waals surface area contributed by atoms with Gasteiger partial charge in [0.2, 0.25) is 0 Å². The van der Waals surface area contributed by atoms with Gasteiger partial charge in [-0.2, -0.15) is 0 Å². The summed E-state index contributed by atoms with van der Waals surface area (Å²) in [6.07, 6.45) is 5.60. The van der Waals surface area contributed by atoms with E-state index in [-0.39, 0.29) is 5.41 Å². The van der Waals surface area contributed by atoms with E-state index in [4.69, 9.17) is 4.98 Å². The lowest BCUT2D eigenvalue weighted by Gasteiger charge is -2.22. The molecule has 0 radical (unpaired) electrons. The van der Waals surface area contributed by atoms with Gasteiger partial charge in [0, 0.05) is 29.1 Å². The Bertz CT molecular complexity index is 974. The molecule has 24 heavy (non-hydrogen) atoms. The zero-order valence-corrected chi connectivity index (χ0v) is 14.4. The second-order valence-electron chi connectivity index (χ2n) is 7.10. The Kier molecular flexibility index (Phi) is 3.41.